The second kappa shape index (κ2) is 5.07. The Morgan fingerprint density at radius 2 is 1.94 bits per heavy atom. The molecular weight excluding hydrogens is 274 g/mol. The molecule has 1 heterocycles. The maximum absolute atomic E-state index is 11.8. The van der Waals surface area contributed by atoms with Crippen molar-refractivity contribution in [1.82, 2.24) is 5.32 Å². The van der Waals surface area contributed by atoms with E-state index in [-0.39, 0.29) is 15.5 Å². The lowest BCUT2D eigenvalue weighted by atomic mass is 10.2. The summed E-state index contributed by atoms with van der Waals surface area (Å²) in [6.45, 7) is 0. The fourth-order valence-corrected chi connectivity index (χ4v) is 2.28. The molecule has 6 heteroatoms. The number of carbonyl (C=O) groups excluding carboxylic acids is 1. The number of hydrogen-bond donors (Lipinski definition) is 1. The van der Waals surface area contributed by atoms with Crippen molar-refractivity contribution in [1.29, 1.82) is 0 Å². The first-order valence-corrected chi connectivity index (χ1v) is 6.28. The molecule has 0 aliphatic rings. The molecule has 0 saturated carbocycles. The SMILES string of the molecule is O=C(NC([O-])([O-])c1cccs1)c1ccccc1Cl. The van der Waals surface area contributed by atoms with Gasteiger partial charge in [0.05, 0.1) is 10.6 Å². The smallest absolute Gasteiger partial charge is 0.251 e. The molecule has 0 unspecified atom stereocenters. The van der Waals surface area contributed by atoms with Crippen molar-refractivity contribution in [2.45, 2.75) is 5.91 Å². The Bertz CT molecular complexity index is 554. The summed E-state index contributed by atoms with van der Waals surface area (Å²) in [7, 11) is 0. The Kier molecular flexibility index (Phi) is 3.68. The summed E-state index contributed by atoms with van der Waals surface area (Å²) in [5, 5.41) is 27.2. The third-order valence-corrected chi connectivity index (χ3v) is 3.52. The quantitative estimate of drug-likeness (QED) is 0.840. The number of thiophene rings is 1. The molecule has 0 radical (unpaired) electrons. The third kappa shape index (κ3) is 2.70. The van der Waals surface area contributed by atoms with E-state index in [0.717, 1.165) is 11.3 Å². The van der Waals surface area contributed by atoms with Crippen molar-refractivity contribution in [2.24, 2.45) is 0 Å². The minimum Gasteiger partial charge on any atom is -0.843 e. The Morgan fingerprint density at radius 1 is 1.22 bits per heavy atom. The zero-order chi connectivity index (χ0) is 13.2. The molecule has 94 valence electrons. The monoisotopic (exact) mass is 281 g/mol. The summed E-state index contributed by atoms with van der Waals surface area (Å²) < 4.78 is 0. The molecule has 1 aromatic carbocycles. The predicted molar refractivity (Wildman–Crippen MR) is 64.9 cm³/mol. The fraction of sp³-hybridized carbons (Fsp3) is 0.0833. The fourth-order valence-electron chi connectivity index (χ4n) is 1.39. The Hall–Kier alpha value is -1.40. The Balaban J connectivity index is 2.20. The van der Waals surface area contributed by atoms with Crippen molar-refractivity contribution < 1.29 is 15.0 Å². The molecule has 0 atom stereocenters. The lowest BCUT2D eigenvalue weighted by Gasteiger charge is -2.48. The van der Waals surface area contributed by atoms with Gasteiger partial charge < -0.3 is 15.5 Å². The Morgan fingerprint density at radius 3 is 2.56 bits per heavy atom. The summed E-state index contributed by atoms with van der Waals surface area (Å²) in [6.07, 6.45) is 0. The standard InChI is InChI=1S/C12H8ClNO3S/c13-9-5-2-1-4-8(9)11(15)14-12(16,17)10-6-3-7-18-10/h1-7H,(H,14,15)/q-2. The maximum Gasteiger partial charge on any atom is 0.251 e. The van der Waals surface area contributed by atoms with Gasteiger partial charge in [-0.15, -0.1) is 11.3 Å². The molecule has 2 rings (SSSR count). The number of nitrogens with one attached hydrogen (secondary N) is 1. The van der Waals surface area contributed by atoms with Crippen LogP contribution in [0.15, 0.2) is 41.8 Å². The van der Waals surface area contributed by atoms with Crippen LogP contribution in [-0.2, 0) is 5.91 Å². The van der Waals surface area contributed by atoms with Crippen LogP contribution in [0, 0.1) is 0 Å². The van der Waals surface area contributed by atoms with Gasteiger partial charge >= 0.3 is 0 Å². The van der Waals surface area contributed by atoms with E-state index in [1.54, 1.807) is 23.6 Å². The molecule has 18 heavy (non-hydrogen) atoms. The number of benzene rings is 1. The van der Waals surface area contributed by atoms with Crippen molar-refractivity contribution in [3.05, 3.63) is 57.2 Å². The molecule has 0 spiro atoms. The van der Waals surface area contributed by atoms with E-state index in [0.29, 0.717) is 0 Å². The zero-order valence-corrected chi connectivity index (χ0v) is 10.6. The van der Waals surface area contributed by atoms with Crippen molar-refractivity contribution in [2.75, 3.05) is 0 Å². The van der Waals surface area contributed by atoms with Crippen LogP contribution in [0.5, 0.6) is 0 Å². The molecule has 0 aliphatic heterocycles. The van der Waals surface area contributed by atoms with Gasteiger partial charge in [-0.25, -0.2) is 0 Å². The molecule has 0 saturated heterocycles. The number of rotatable bonds is 3. The first kappa shape index (κ1) is 13.0. The minimum atomic E-state index is -2.90. The topological polar surface area (TPSA) is 75.2 Å². The molecule has 0 aliphatic carbocycles. The van der Waals surface area contributed by atoms with Crippen LogP contribution in [0.2, 0.25) is 5.02 Å². The van der Waals surface area contributed by atoms with E-state index in [1.807, 2.05) is 5.32 Å². The van der Waals surface area contributed by atoms with E-state index in [4.69, 9.17) is 11.6 Å². The van der Waals surface area contributed by atoms with Gasteiger partial charge in [0, 0.05) is 0 Å². The number of hydrogen-bond acceptors (Lipinski definition) is 4. The second-order valence-corrected chi connectivity index (χ2v) is 4.88. The number of carbonyl (C=O) groups is 1. The van der Waals surface area contributed by atoms with E-state index < -0.39 is 11.8 Å². The van der Waals surface area contributed by atoms with Crippen LogP contribution in [0.3, 0.4) is 0 Å². The van der Waals surface area contributed by atoms with Crippen molar-refractivity contribution >= 4 is 28.8 Å². The van der Waals surface area contributed by atoms with E-state index >= 15 is 0 Å². The van der Waals surface area contributed by atoms with Crippen LogP contribution in [0.25, 0.3) is 0 Å². The molecule has 4 nitrogen and oxygen atoms in total. The van der Waals surface area contributed by atoms with Crippen LogP contribution >= 0.6 is 22.9 Å². The average Bonchev–Trinajstić information content (AvgIpc) is 2.82. The molecule has 1 amide bonds. The molecule has 2 aromatic rings. The second-order valence-electron chi connectivity index (χ2n) is 3.53. The lowest BCUT2D eigenvalue weighted by Crippen LogP contribution is -2.64. The minimum absolute atomic E-state index is 0.00269. The largest absolute Gasteiger partial charge is 0.843 e. The number of halogens is 1. The van der Waals surface area contributed by atoms with Gasteiger partial charge in [-0.2, -0.15) is 0 Å². The van der Waals surface area contributed by atoms with Gasteiger partial charge in [0.1, 0.15) is 0 Å². The summed E-state index contributed by atoms with van der Waals surface area (Å²) >= 11 is 6.81. The van der Waals surface area contributed by atoms with Gasteiger partial charge in [0.15, 0.2) is 0 Å². The van der Waals surface area contributed by atoms with Gasteiger partial charge in [-0.1, -0.05) is 35.7 Å². The highest BCUT2D eigenvalue weighted by molar-refractivity contribution is 7.10. The van der Waals surface area contributed by atoms with E-state index in [2.05, 4.69) is 0 Å². The van der Waals surface area contributed by atoms with E-state index in [9.17, 15) is 15.0 Å². The van der Waals surface area contributed by atoms with Crippen LogP contribution < -0.4 is 15.5 Å². The molecule has 1 N–H and O–H groups in total. The predicted octanol–water partition coefficient (Wildman–Crippen LogP) is 0.662. The molecule has 0 bridgehead atoms. The van der Waals surface area contributed by atoms with Crippen molar-refractivity contribution in [3.8, 4) is 0 Å². The highest BCUT2D eigenvalue weighted by atomic mass is 35.5. The molecule has 0 fully saturated rings. The first-order valence-electron chi connectivity index (χ1n) is 5.02. The van der Waals surface area contributed by atoms with Gasteiger partial charge in [-0.05, 0) is 28.5 Å². The highest BCUT2D eigenvalue weighted by Gasteiger charge is 2.14. The summed E-state index contributed by atoms with van der Waals surface area (Å²) in [5.41, 5.74) is 0.104. The van der Waals surface area contributed by atoms with Crippen LogP contribution in [-0.4, -0.2) is 5.91 Å². The molecule has 1 aromatic heterocycles. The number of amides is 1. The third-order valence-electron chi connectivity index (χ3n) is 2.24. The Labute approximate surface area is 112 Å². The van der Waals surface area contributed by atoms with E-state index in [1.165, 1.54) is 18.2 Å². The normalized spacial score (nSPS) is 11.3. The highest BCUT2D eigenvalue weighted by Crippen LogP contribution is 2.18. The lowest BCUT2D eigenvalue weighted by molar-refractivity contribution is -0.740. The van der Waals surface area contributed by atoms with Crippen LogP contribution in [0.1, 0.15) is 15.2 Å². The van der Waals surface area contributed by atoms with Crippen LogP contribution in [0.4, 0.5) is 0 Å². The summed E-state index contributed by atoms with van der Waals surface area (Å²) in [5.74, 6) is -3.68. The maximum atomic E-state index is 11.8. The van der Waals surface area contributed by atoms with Gasteiger partial charge in [0.2, 0.25) is 0 Å². The first-order chi connectivity index (χ1) is 8.50. The zero-order valence-electron chi connectivity index (χ0n) is 9.05. The summed E-state index contributed by atoms with van der Waals surface area (Å²) in [6, 6.07) is 9.17. The van der Waals surface area contributed by atoms with Crippen molar-refractivity contribution in [3.63, 3.8) is 0 Å². The van der Waals surface area contributed by atoms with Gasteiger partial charge in [-0.3, -0.25) is 4.79 Å². The van der Waals surface area contributed by atoms with Gasteiger partial charge in [0.25, 0.3) is 5.91 Å². The summed E-state index contributed by atoms with van der Waals surface area (Å²) in [4.78, 5) is 11.8. The average molecular weight is 282 g/mol. The molecular formula is C12H8ClNO3S-2.